The van der Waals surface area contributed by atoms with Gasteiger partial charge in [0.25, 0.3) is 0 Å². The highest BCUT2D eigenvalue weighted by Crippen LogP contribution is 2.40. The van der Waals surface area contributed by atoms with E-state index in [0.29, 0.717) is 10.7 Å². The summed E-state index contributed by atoms with van der Waals surface area (Å²) in [6.07, 6.45) is 4.17. The number of aryl methyl sites for hydroxylation is 1. The zero-order chi connectivity index (χ0) is 14.1. The van der Waals surface area contributed by atoms with Gasteiger partial charge < -0.3 is 10.8 Å². The van der Waals surface area contributed by atoms with Crippen LogP contribution in [0.3, 0.4) is 0 Å². The van der Waals surface area contributed by atoms with Gasteiger partial charge in [-0.3, -0.25) is 4.98 Å². The van der Waals surface area contributed by atoms with Crippen molar-refractivity contribution in [3.63, 3.8) is 0 Å². The first-order valence-electron chi connectivity index (χ1n) is 6.83. The minimum atomic E-state index is -0.638. The summed E-state index contributed by atoms with van der Waals surface area (Å²) >= 11 is 5.91. The van der Waals surface area contributed by atoms with Crippen molar-refractivity contribution in [2.24, 2.45) is 0 Å². The first-order chi connectivity index (χ1) is 9.66. The van der Waals surface area contributed by atoms with Crippen LogP contribution in [0.15, 0.2) is 36.5 Å². The van der Waals surface area contributed by atoms with Crippen molar-refractivity contribution in [2.45, 2.75) is 31.3 Å². The molecule has 104 valence electrons. The summed E-state index contributed by atoms with van der Waals surface area (Å²) in [5.74, 6) is 0.00317. The molecule has 0 fully saturated rings. The van der Waals surface area contributed by atoms with Crippen LogP contribution < -0.4 is 5.73 Å². The molecule has 3 rings (SSSR count). The van der Waals surface area contributed by atoms with Crippen molar-refractivity contribution in [1.29, 1.82) is 0 Å². The molecule has 0 spiro atoms. The molecule has 0 saturated carbocycles. The molecular formula is C16H17ClN2O. The predicted octanol–water partition coefficient (Wildman–Crippen LogP) is 3.47. The fraction of sp³-hybridized carbons (Fsp3) is 0.312. The average molecular weight is 289 g/mol. The second-order valence-electron chi connectivity index (χ2n) is 5.26. The molecule has 1 heterocycles. The Bertz CT molecular complexity index is 630. The van der Waals surface area contributed by atoms with Crippen molar-refractivity contribution in [1.82, 2.24) is 4.98 Å². The van der Waals surface area contributed by atoms with Gasteiger partial charge in [0, 0.05) is 34.1 Å². The van der Waals surface area contributed by atoms with Gasteiger partial charge in [-0.15, -0.1) is 0 Å². The van der Waals surface area contributed by atoms with E-state index in [-0.39, 0.29) is 5.92 Å². The molecule has 0 aliphatic heterocycles. The number of aliphatic hydroxyl groups is 1. The summed E-state index contributed by atoms with van der Waals surface area (Å²) in [5.41, 5.74) is 9.49. The lowest BCUT2D eigenvalue weighted by atomic mass is 9.81. The molecule has 0 radical (unpaired) electrons. The van der Waals surface area contributed by atoms with Gasteiger partial charge in [-0.2, -0.15) is 0 Å². The molecule has 0 bridgehead atoms. The number of aromatic nitrogens is 1. The van der Waals surface area contributed by atoms with Gasteiger partial charge in [-0.1, -0.05) is 23.7 Å². The highest BCUT2D eigenvalue weighted by Gasteiger charge is 2.29. The first kappa shape index (κ1) is 13.4. The second kappa shape index (κ2) is 5.43. The average Bonchev–Trinajstić information content (AvgIpc) is 2.46. The quantitative estimate of drug-likeness (QED) is 0.832. The minimum Gasteiger partial charge on any atom is -0.398 e. The van der Waals surface area contributed by atoms with E-state index in [1.165, 1.54) is 5.56 Å². The number of halogens is 1. The highest BCUT2D eigenvalue weighted by atomic mass is 35.5. The van der Waals surface area contributed by atoms with Crippen LogP contribution in [0.4, 0.5) is 5.69 Å². The second-order valence-corrected chi connectivity index (χ2v) is 5.70. The summed E-state index contributed by atoms with van der Waals surface area (Å²) in [6.45, 7) is 0. The van der Waals surface area contributed by atoms with Crippen LogP contribution in [0.5, 0.6) is 0 Å². The summed E-state index contributed by atoms with van der Waals surface area (Å²) in [5, 5.41) is 11.3. The number of hydrogen-bond acceptors (Lipinski definition) is 3. The summed E-state index contributed by atoms with van der Waals surface area (Å²) < 4.78 is 0. The Balaban J connectivity index is 1.97. The van der Waals surface area contributed by atoms with Crippen molar-refractivity contribution in [3.8, 4) is 0 Å². The van der Waals surface area contributed by atoms with Gasteiger partial charge in [0.05, 0.1) is 6.10 Å². The third-order valence-electron chi connectivity index (χ3n) is 3.99. The lowest BCUT2D eigenvalue weighted by Crippen LogP contribution is -2.19. The van der Waals surface area contributed by atoms with E-state index in [1.54, 1.807) is 24.4 Å². The molecule has 1 aliphatic rings. The SMILES string of the molecule is Nc1cc(Cl)ccc1C(O)C1CCCc2cccnc21. The number of anilines is 1. The van der Waals surface area contributed by atoms with Crippen molar-refractivity contribution in [2.75, 3.05) is 5.73 Å². The van der Waals surface area contributed by atoms with Crippen molar-refractivity contribution >= 4 is 17.3 Å². The van der Waals surface area contributed by atoms with E-state index in [4.69, 9.17) is 17.3 Å². The number of fused-ring (bicyclic) bond motifs is 1. The fourth-order valence-corrected chi connectivity index (χ4v) is 3.16. The van der Waals surface area contributed by atoms with E-state index in [2.05, 4.69) is 11.1 Å². The molecule has 20 heavy (non-hydrogen) atoms. The van der Waals surface area contributed by atoms with Crippen LogP contribution in [-0.2, 0) is 6.42 Å². The topological polar surface area (TPSA) is 59.1 Å². The van der Waals surface area contributed by atoms with Crippen LogP contribution in [0.25, 0.3) is 0 Å². The van der Waals surface area contributed by atoms with Gasteiger partial charge in [0.1, 0.15) is 0 Å². The Hall–Kier alpha value is -1.58. The Labute approximate surface area is 123 Å². The monoisotopic (exact) mass is 288 g/mol. The standard InChI is InChI=1S/C16H17ClN2O/c17-11-6-7-12(14(18)9-11)16(20)13-5-1-3-10-4-2-8-19-15(10)13/h2,4,6-9,13,16,20H,1,3,5,18H2. The molecule has 4 heteroatoms. The largest absolute Gasteiger partial charge is 0.398 e. The summed E-state index contributed by atoms with van der Waals surface area (Å²) in [7, 11) is 0. The Morgan fingerprint density at radius 2 is 2.20 bits per heavy atom. The predicted molar refractivity (Wildman–Crippen MR) is 80.7 cm³/mol. The summed E-state index contributed by atoms with van der Waals surface area (Å²) in [6, 6.07) is 9.29. The number of nitrogen functional groups attached to an aromatic ring is 1. The van der Waals surface area contributed by atoms with Crippen molar-refractivity contribution in [3.05, 3.63) is 58.4 Å². The molecule has 3 N–H and O–H groups in total. The molecule has 3 nitrogen and oxygen atoms in total. The van der Waals surface area contributed by atoms with Crippen LogP contribution in [0.1, 0.15) is 41.7 Å². The number of aliphatic hydroxyl groups excluding tert-OH is 1. The molecule has 1 aliphatic carbocycles. The number of rotatable bonds is 2. The van der Waals surface area contributed by atoms with Crippen molar-refractivity contribution < 1.29 is 5.11 Å². The van der Waals surface area contributed by atoms with Crippen LogP contribution >= 0.6 is 11.6 Å². The van der Waals surface area contributed by atoms with Crippen LogP contribution in [0, 0.1) is 0 Å². The van der Waals surface area contributed by atoms with Crippen LogP contribution in [0.2, 0.25) is 5.02 Å². The lowest BCUT2D eigenvalue weighted by Gasteiger charge is -2.29. The van der Waals surface area contributed by atoms with Gasteiger partial charge in [0.15, 0.2) is 0 Å². The smallest absolute Gasteiger partial charge is 0.0893 e. The maximum absolute atomic E-state index is 10.7. The number of pyridine rings is 1. The molecule has 2 unspecified atom stereocenters. The number of hydrogen-bond donors (Lipinski definition) is 2. The highest BCUT2D eigenvalue weighted by molar-refractivity contribution is 6.30. The zero-order valence-electron chi connectivity index (χ0n) is 11.1. The molecule has 1 aromatic carbocycles. The van der Waals surface area contributed by atoms with E-state index < -0.39 is 6.10 Å². The van der Waals surface area contributed by atoms with Gasteiger partial charge in [-0.25, -0.2) is 0 Å². The Morgan fingerprint density at radius 1 is 1.35 bits per heavy atom. The van der Waals surface area contributed by atoms with E-state index in [1.807, 2.05) is 6.07 Å². The van der Waals surface area contributed by atoms with E-state index >= 15 is 0 Å². The van der Waals surface area contributed by atoms with Gasteiger partial charge in [0.2, 0.25) is 0 Å². The Morgan fingerprint density at radius 3 is 3.00 bits per heavy atom. The minimum absolute atomic E-state index is 0.00317. The zero-order valence-corrected chi connectivity index (χ0v) is 11.8. The first-order valence-corrected chi connectivity index (χ1v) is 7.21. The maximum atomic E-state index is 10.7. The van der Waals surface area contributed by atoms with Gasteiger partial charge >= 0.3 is 0 Å². The molecule has 2 atom stereocenters. The molecule has 2 aromatic rings. The van der Waals surface area contributed by atoms with E-state index in [9.17, 15) is 5.11 Å². The fourth-order valence-electron chi connectivity index (χ4n) is 2.98. The molecular weight excluding hydrogens is 272 g/mol. The third-order valence-corrected chi connectivity index (χ3v) is 4.22. The maximum Gasteiger partial charge on any atom is 0.0893 e. The number of benzene rings is 1. The number of nitrogens with zero attached hydrogens (tertiary/aromatic N) is 1. The molecule has 0 amide bonds. The lowest BCUT2D eigenvalue weighted by molar-refractivity contribution is 0.134. The summed E-state index contributed by atoms with van der Waals surface area (Å²) in [4.78, 5) is 4.47. The van der Waals surface area contributed by atoms with Crippen LogP contribution in [-0.4, -0.2) is 10.1 Å². The Kier molecular flexibility index (Phi) is 3.64. The third kappa shape index (κ3) is 2.39. The van der Waals surface area contributed by atoms with Gasteiger partial charge in [-0.05, 0) is 43.0 Å². The normalized spacial score (nSPS) is 19.4. The number of nitrogens with two attached hydrogens (primary N) is 1. The van der Waals surface area contributed by atoms with E-state index in [0.717, 1.165) is 30.5 Å². The molecule has 0 saturated heterocycles. The molecule has 1 aromatic heterocycles.